The summed E-state index contributed by atoms with van der Waals surface area (Å²) in [6.07, 6.45) is -13.7. The van der Waals surface area contributed by atoms with Gasteiger partial charge in [-0.25, -0.2) is 4.39 Å². The van der Waals surface area contributed by atoms with Crippen LogP contribution < -0.4 is 0 Å². The van der Waals surface area contributed by atoms with Crippen LogP contribution in [0, 0.1) is 5.41 Å². The lowest BCUT2D eigenvalue weighted by atomic mass is 9.55. The molecule has 1 aliphatic heterocycles. The summed E-state index contributed by atoms with van der Waals surface area (Å²) in [6, 6.07) is 0. The first kappa shape index (κ1) is 19.6. The van der Waals surface area contributed by atoms with E-state index in [-0.39, 0.29) is 11.7 Å². The lowest BCUT2D eigenvalue weighted by Gasteiger charge is -2.34. The topological polar surface area (TPSA) is 9.23 Å². The van der Waals surface area contributed by atoms with Crippen molar-refractivity contribution in [1.29, 1.82) is 0 Å². The van der Waals surface area contributed by atoms with E-state index in [1.807, 2.05) is 27.7 Å². The van der Waals surface area contributed by atoms with Crippen molar-refractivity contribution in [2.45, 2.75) is 76.8 Å². The fourth-order valence-corrected chi connectivity index (χ4v) is 2.61. The van der Waals surface area contributed by atoms with E-state index in [2.05, 4.69) is 0 Å². The average Bonchev–Trinajstić information content (AvgIpc) is 2.43. The second-order valence-electron chi connectivity index (χ2n) is 7.03. The predicted molar refractivity (Wildman–Crippen MR) is 69.5 cm³/mol. The molecule has 0 aromatic heterocycles. The molecule has 0 radical (unpaired) electrons. The van der Waals surface area contributed by atoms with E-state index in [1.54, 1.807) is 0 Å². The van der Waals surface area contributed by atoms with E-state index >= 15 is 0 Å². The standard InChI is InChI=1S/C13H20BF7O/c1-9(2)8-14(22-10(9,3)4)7-5-6-11(15,12(16,17)18)13(19,20)21/h5-8H2,1-4H3. The fraction of sp³-hybridized carbons (Fsp3) is 1.00. The highest BCUT2D eigenvalue weighted by atomic mass is 19.4. The molecule has 1 nitrogen and oxygen atoms in total. The molecule has 0 aromatic carbocycles. The first-order valence-corrected chi connectivity index (χ1v) is 7.04. The maximum absolute atomic E-state index is 13.5. The molecule has 0 bridgehead atoms. The average molecular weight is 336 g/mol. The van der Waals surface area contributed by atoms with Gasteiger partial charge in [0, 0.05) is 0 Å². The monoisotopic (exact) mass is 336 g/mol. The summed E-state index contributed by atoms with van der Waals surface area (Å²) < 4.78 is 93.7. The molecule has 0 aromatic rings. The van der Waals surface area contributed by atoms with Crippen molar-refractivity contribution in [3.8, 4) is 0 Å². The van der Waals surface area contributed by atoms with Gasteiger partial charge in [-0.15, -0.1) is 0 Å². The number of rotatable bonds is 4. The van der Waals surface area contributed by atoms with E-state index in [0.717, 1.165) is 0 Å². The largest absolute Gasteiger partial charge is 0.431 e. The smallest absolute Gasteiger partial charge is 0.431 e. The molecule has 9 heteroatoms. The van der Waals surface area contributed by atoms with E-state index in [1.165, 1.54) is 0 Å². The van der Waals surface area contributed by atoms with Crippen LogP contribution in [-0.2, 0) is 4.65 Å². The number of alkyl halides is 7. The van der Waals surface area contributed by atoms with Gasteiger partial charge in [-0.3, -0.25) is 0 Å². The molecule has 1 fully saturated rings. The minimum atomic E-state index is -5.97. The second kappa shape index (κ2) is 5.56. The van der Waals surface area contributed by atoms with Gasteiger partial charge in [0.15, 0.2) is 0 Å². The molecule has 1 saturated heterocycles. The Kier molecular flexibility index (Phi) is 4.95. The van der Waals surface area contributed by atoms with E-state index < -0.39 is 43.4 Å². The van der Waals surface area contributed by atoms with Gasteiger partial charge in [0.1, 0.15) is 0 Å². The Balaban J connectivity index is 2.67. The SMILES string of the molecule is CC1(C)CB(CCCC(F)(C(F)(F)F)C(F)(F)F)OC1(C)C. The predicted octanol–water partition coefficient (Wildman–Crippen LogP) is 5.43. The van der Waals surface area contributed by atoms with Crippen molar-refractivity contribution < 1.29 is 35.4 Å². The van der Waals surface area contributed by atoms with Crippen LogP contribution in [0.1, 0.15) is 40.5 Å². The normalized spacial score (nSPS) is 22.2. The molecule has 22 heavy (non-hydrogen) atoms. The third kappa shape index (κ3) is 3.54. The summed E-state index contributed by atoms with van der Waals surface area (Å²) >= 11 is 0. The zero-order valence-corrected chi connectivity index (χ0v) is 13.0. The van der Waals surface area contributed by atoms with Gasteiger partial charge in [-0.1, -0.05) is 20.3 Å². The van der Waals surface area contributed by atoms with E-state index in [9.17, 15) is 30.7 Å². The lowest BCUT2D eigenvalue weighted by molar-refractivity contribution is -0.343. The van der Waals surface area contributed by atoms with E-state index in [4.69, 9.17) is 4.65 Å². The molecule has 1 aliphatic rings. The minimum Gasteiger partial charge on any atom is -0.431 e. The van der Waals surface area contributed by atoms with Gasteiger partial charge in [-0.05, 0) is 38.3 Å². The van der Waals surface area contributed by atoms with Gasteiger partial charge >= 0.3 is 12.4 Å². The summed E-state index contributed by atoms with van der Waals surface area (Å²) in [7, 11) is 0. The Labute approximate surface area is 125 Å². The van der Waals surface area contributed by atoms with Crippen LogP contribution in [0.25, 0.3) is 0 Å². The first-order chi connectivity index (χ1) is 9.54. The number of hydrogen-bond acceptors (Lipinski definition) is 1. The fourth-order valence-electron chi connectivity index (χ4n) is 2.61. The summed E-state index contributed by atoms with van der Waals surface area (Å²) in [4.78, 5) is 0. The van der Waals surface area contributed by atoms with Gasteiger partial charge in [0.05, 0.1) is 5.60 Å². The molecular formula is C13H20BF7O. The van der Waals surface area contributed by atoms with Crippen molar-refractivity contribution in [1.82, 2.24) is 0 Å². The van der Waals surface area contributed by atoms with Gasteiger partial charge < -0.3 is 4.65 Å². The zero-order chi connectivity index (χ0) is 17.6. The highest BCUT2D eigenvalue weighted by Crippen LogP contribution is 2.50. The third-order valence-electron chi connectivity index (χ3n) is 4.78. The maximum atomic E-state index is 13.5. The molecule has 130 valence electrons. The van der Waals surface area contributed by atoms with Crippen molar-refractivity contribution in [3.63, 3.8) is 0 Å². The van der Waals surface area contributed by atoms with Gasteiger partial charge in [-0.2, -0.15) is 26.3 Å². The third-order valence-corrected chi connectivity index (χ3v) is 4.78. The van der Waals surface area contributed by atoms with Crippen LogP contribution in [0.3, 0.4) is 0 Å². The van der Waals surface area contributed by atoms with Crippen LogP contribution in [0.15, 0.2) is 0 Å². The summed E-state index contributed by atoms with van der Waals surface area (Å²) in [5.41, 5.74) is -5.94. The number of halogens is 7. The van der Waals surface area contributed by atoms with Crippen LogP contribution in [0.4, 0.5) is 30.7 Å². The minimum absolute atomic E-state index is 0.0370. The van der Waals surface area contributed by atoms with Crippen molar-refractivity contribution in [3.05, 3.63) is 0 Å². The van der Waals surface area contributed by atoms with Gasteiger partial charge in [0.2, 0.25) is 0 Å². The molecule has 0 amide bonds. The molecule has 0 saturated carbocycles. The summed E-state index contributed by atoms with van der Waals surface area (Å²) in [5, 5.41) is 0. The Bertz CT molecular complexity index is 370. The lowest BCUT2D eigenvalue weighted by Crippen LogP contribution is -2.53. The van der Waals surface area contributed by atoms with E-state index in [0.29, 0.717) is 6.32 Å². The maximum Gasteiger partial charge on any atom is 0.431 e. The highest BCUT2D eigenvalue weighted by molar-refractivity contribution is 6.53. The van der Waals surface area contributed by atoms with Crippen LogP contribution in [0.5, 0.6) is 0 Å². The highest BCUT2D eigenvalue weighted by Gasteiger charge is 2.71. The Morgan fingerprint density at radius 3 is 1.68 bits per heavy atom. The Hall–Kier alpha value is -0.465. The quantitative estimate of drug-likeness (QED) is 0.492. The molecule has 1 heterocycles. The summed E-state index contributed by atoms with van der Waals surface area (Å²) in [5.74, 6) is 0. The molecular weight excluding hydrogens is 316 g/mol. The van der Waals surface area contributed by atoms with Crippen LogP contribution in [0.2, 0.25) is 12.6 Å². The molecule has 0 N–H and O–H groups in total. The first-order valence-electron chi connectivity index (χ1n) is 7.04. The second-order valence-corrected chi connectivity index (χ2v) is 7.03. The molecule has 0 spiro atoms. The van der Waals surface area contributed by atoms with Crippen LogP contribution in [-0.4, -0.2) is 30.5 Å². The van der Waals surface area contributed by atoms with Crippen LogP contribution >= 0.6 is 0 Å². The molecule has 0 aliphatic carbocycles. The number of hydrogen-bond donors (Lipinski definition) is 0. The van der Waals surface area contributed by atoms with Crippen molar-refractivity contribution in [2.24, 2.45) is 5.41 Å². The molecule has 0 unspecified atom stereocenters. The Morgan fingerprint density at radius 1 is 0.909 bits per heavy atom. The Morgan fingerprint density at radius 2 is 1.36 bits per heavy atom. The zero-order valence-electron chi connectivity index (χ0n) is 13.0. The summed E-state index contributed by atoms with van der Waals surface area (Å²) in [6.45, 7) is 7.00. The molecule has 0 atom stereocenters. The van der Waals surface area contributed by atoms with Crippen molar-refractivity contribution in [2.75, 3.05) is 0 Å². The van der Waals surface area contributed by atoms with Gasteiger partial charge in [0.25, 0.3) is 12.6 Å². The van der Waals surface area contributed by atoms with Crippen molar-refractivity contribution >= 4 is 6.92 Å². The molecule has 1 rings (SSSR count).